The van der Waals surface area contributed by atoms with E-state index < -0.39 is 5.97 Å². The number of carbonyl (C=O) groups is 1. The summed E-state index contributed by atoms with van der Waals surface area (Å²) in [5.41, 5.74) is 1.27. The predicted molar refractivity (Wildman–Crippen MR) is 96.4 cm³/mol. The monoisotopic (exact) mass is 335 g/mol. The number of carboxylic acids is 1. The molecule has 0 saturated carbocycles. The zero-order valence-corrected chi connectivity index (χ0v) is 15.6. The van der Waals surface area contributed by atoms with Crippen molar-refractivity contribution >= 4 is 28.6 Å². The second-order valence-corrected chi connectivity index (χ2v) is 9.71. The van der Waals surface area contributed by atoms with Crippen LogP contribution in [0.3, 0.4) is 0 Å². The summed E-state index contributed by atoms with van der Waals surface area (Å²) in [4.78, 5) is 15.2. The van der Waals surface area contributed by atoms with Crippen LogP contribution in [-0.4, -0.2) is 11.1 Å². The van der Waals surface area contributed by atoms with Crippen LogP contribution in [0.5, 0.6) is 0 Å². The molecule has 2 rings (SSSR count). The molecule has 0 bridgehead atoms. The van der Waals surface area contributed by atoms with Crippen molar-refractivity contribution in [2.24, 2.45) is 0 Å². The van der Waals surface area contributed by atoms with Crippen LogP contribution >= 0.6 is 22.7 Å². The molecule has 0 saturated heterocycles. The van der Waals surface area contributed by atoms with Crippen LogP contribution < -0.4 is 0 Å². The Morgan fingerprint density at radius 2 is 1.50 bits per heavy atom. The summed E-state index contributed by atoms with van der Waals surface area (Å²) in [6.07, 6.45) is 0. The molecule has 2 aromatic heterocycles. The molecule has 2 aromatic rings. The summed E-state index contributed by atoms with van der Waals surface area (Å²) in [6.45, 7) is 13.3. The summed E-state index contributed by atoms with van der Waals surface area (Å²) in [5.74, 6) is -0.859. The number of rotatable bonds is 2. The van der Waals surface area contributed by atoms with Crippen LogP contribution in [0.4, 0.5) is 0 Å². The highest BCUT2D eigenvalue weighted by Gasteiger charge is 2.32. The topological polar surface area (TPSA) is 37.3 Å². The van der Waals surface area contributed by atoms with E-state index >= 15 is 0 Å². The van der Waals surface area contributed by atoms with Crippen LogP contribution in [0.25, 0.3) is 10.4 Å². The molecule has 2 nitrogen and oxygen atoms in total. The van der Waals surface area contributed by atoms with E-state index in [1.807, 2.05) is 17.4 Å². The van der Waals surface area contributed by atoms with Crippen molar-refractivity contribution in [3.05, 3.63) is 38.9 Å². The molecule has 2 heterocycles. The van der Waals surface area contributed by atoms with Gasteiger partial charge in [-0.25, -0.2) is 4.79 Å². The lowest BCUT2D eigenvalue weighted by Gasteiger charge is -2.16. The first-order valence-electron chi connectivity index (χ1n) is 7.31. The Balaban J connectivity index is 2.61. The molecule has 0 atom stereocenters. The van der Waals surface area contributed by atoms with E-state index in [4.69, 9.17) is 5.11 Å². The van der Waals surface area contributed by atoms with E-state index in [0.29, 0.717) is 4.88 Å². The Labute approximate surface area is 140 Å². The van der Waals surface area contributed by atoms with Gasteiger partial charge in [-0.05, 0) is 12.1 Å². The second-order valence-electron chi connectivity index (χ2n) is 7.54. The molecule has 0 fully saturated rings. The lowest BCUT2D eigenvalue weighted by molar-refractivity contribution is 0.0702. The van der Waals surface area contributed by atoms with Gasteiger partial charge in [-0.15, -0.1) is 11.3 Å². The standard InChI is InChI=1S/C18H22O2S2/c1-17(2,3)14-9-11(10-15(22-14)18(4,5)6)12-7-8-13(21-12)16(19)20/h7-10H,1-6H3/p+1. The molecule has 118 valence electrons. The summed E-state index contributed by atoms with van der Waals surface area (Å²) < 4.78 is 0. The number of thiophene rings is 1. The highest BCUT2D eigenvalue weighted by atomic mass is 32.1. The first-order chi connectivity index (χ1) is 9.98. The predicted octanol–water partition coefficient (Wildman–Crippen LogP) is 6.05. The largest absolute Gasteiger partial charge is 0.477 e. The van der Waals surface area contributed by atoms with E-state index in [9.17, 15) is 4.79 Å². The van der Waals surface area contributed by atoms with Crippen molar-refractivity contribution < 1.29 is 9.90 Å². The molecular formula is C18H23O2S2+. The van der Waals surface area contributed by atoms with Gasteiger partial charge in [0.15, 0.2) is 0 Å². The van der Waals surface area contributed by atoms with Gasteiger partial charge in [0.1, 0.15) is 4.88 Å². The minimum absolute atomic E-state index is 0.0769. The highest BCUT2D eigenvalue weighted by molar-refractivity contribution is 7.17. The molecule has 0 amide bonds. The Morgan fingerprint density at radius 1 is 1.00 bits per heavy atom. The van der Waals surface area contributed by atoms with E-state index in [0.717, 1.165) is 10.4 Å². The van der Waals surface area contributed by atoms with Gasteiger partial charge in [-0.3, -0.25) is 0 Å². The summed E-state index contributed by atoms with van der Waals surface area (Å²) >= 11 is 3.18. The Morgan fingerprint density at radius 3 is 1.86 bits per heavy atom. The van der Waals surface area contributed by atoms with Gasteiger partial charge < -0.3 is 5.11 Å². The third-order valence-electron chi connectivity index (χ3n) is 3.37. The fourth-order valence-corrected chi connectivity index (χ4v) is 4.04. The molecule has 22 heavy (non-hydrogen) atoms. The van der Waals surface area contributed by atoms with Crippen molar-refractivity contribution in [1.29, 1.82) is 0 Å². The van der Waals surface area contributed by atoms with E-state index in [-0.39, 0.29) is 10.8 Å². The SMILES string of the molecule is CC(C)(C)c1cc(-c2ccc(C(=O)O)s2)cc(C(C)(C)C)[s+]1. The molecule has 1 N–H and O–H groups in total. The molecule has 0 aliphatic carbocycles. The minimum Gasteiger partial charge on any atom is -0.477 e. The summed E-state index contributed by atoms with van der Waals surface area (Å²) in [5, 5.41) is 9.13. The minimum atomic E-state index is -0.859. The Kier molecular flexibility index (Phi) is 4.46. The third-order valence-corrected chi connectivity index (χ3v) is 6.40. The van der Waals surface area contributed by atoms with E-state index in [1.54, 1.807) is 6.07 Å². The lowest BCUT2D eigenvalue weighted by Crippen LogP contribution is -2.14. The molecule has 0 spiro atoms. The van der Waals surface area contributed by atoms with Crippen LogP contribution in [0.2, 0.25) is 0 Å². The van der Waals surface area contributed by atoms with Crippen molar-refractivity contribution in [2.75, 3.05) is 0 Å². The van der Waals surface area contributed by atoms with Crippen LogP contribution in [0.15, 0.2) is 24.3 Å². The van der Waals surface area contributed by atoms with Crippen LogP contribution in [0.1, 0.15) is 61.0 Å². The van der Waals surface area contributed by atoms with Crippen molar-refractivity contribution in [3.8, 4) is 10.4 Å². The fraction of sp³-hybridized carbons (Fsp3) is 0.444. The van der Waals surface area contributed by atoms with E-state index in [2.05, 4.69) is 53.7 Å². The van der Waals surface area contributed by atoms with Crippen LogP contribution in [-0.2, 0) is 10.8 Å². The van der Waals surface area contributed by atoms with Gasteiger partial charge in [0, 0.05) is 33.4 Å². The molecule has 0 aromatic carbocycles. The zero-order chi connectivity index (χ0) is 16.7. The van der Waals surface area contributed by atoms with Gasteiger partial charge in [0.05, 0.1) is 0 Å². The molecular weight excluding hydrogens is 312 g/mol. The average molecular weight is 336 g/mol. The average Bonchev–Trinajstić information content (AvgIpc) is 2.85. The quantitative estimate of drug-likeness (QED) is 0.678. The molecule has 0 aliphatic heterocycles. The van der Waals surface area contributed by atoms with Gasteiger partial charge in [-0.2, -0.15) is 0 Å². The first kappa shape index (κ1) is 17.1. The summed E-state index contributed by atoms with van der Waals surface area (Å²) in [7, 11) is 0. The van der Waals surface area contributed by atoms with Gasteiger partial charge >= 0.3 is 5.97 Å². The smallest absolute Gasteiger partial charge is 0.345 e. The van der Waals surface area contributed by atoms with Crippen molar-refractivity contribution in [3.63, 3.8) is 0 Å². The Bertz CT molecular complexity index is 668. The maximum absolute atomic E-state index is 11.1. The van der Waals surface area contributed by atoms with Crippen LogP contribution in [0, 0.1) is 0 Å². The van der Waals surface area contributed by atoms with Gasteiger partial charge in [-0.1, -0.05) is 41.5 Å². The number of hydrogen-bond acceptors (Lipinski definition) is 2. The van der Waals surface area contributed by atoms with Gasteiger partial charge in [0.25, 0.3) is 0 Å². The maximum atomic E-state index is 11.1. The normalized spacial score (nSPS) is 12.5. The fourth-order valence-electron chi connectivity index (χ4n) is 1.99. The molecule has 0 aliphatic rings. The molecule has 0 radical (unpaired) electrons. The summed E-state index contributed by atoms with van der Waals surface area (Å²) in [6, 6.07) is 8.01. The maximum Gasteiger partial charge on any atom is 0.345 e. The van der Waals surface area contributed by atoms with Crippen molar-refractivity contribution in [2.45, 2.75) is 52.4 Å². The highest BCUT2D eigenvalue weighted by Crippen LogP contribution is 2.39. The second kappa shape index (κ2) is 5.74. The molecule has 0 unspecified atom stereocenters. The number of carboxylic acid groups (broad SMARTS) is 1. The zero-order valence-electron chi connectivity index (χ0n) is 14.0. The number of hydrogen-bond donors (Lipinski definition) is 1. The molecule has 4 heteroatoms. The third kappa shape index (κ3) is 3.73. The van der Waals surface area contributed by atoms with E-state index in [1.165, 1.54) is 21.1 Å². The first-order valence-corrected chi connectivity index (χ1v) is 8.94. The van der Waals surface area contributed by atoms with Gasteiger partial charge in [0.2, 0.25) is 21.1 Å². The lowest BCUT2D eigenvalue weighted by atomic mass is 9.91. The van der Waals surface area contributed by atoms with Crippen molar-refractivity contribution in [1.82, 2.24) is 0 Å². The Hall–Kier alpha value is -1.26. The number of aromatic carboxylic acids is 1.